The second-order valence-corrected chi connectivity index (χ2v) is 10.5. The maximum Gasteiger partial charge on any atom is 0.416 e. The highest BCUT2D eigenvalue weighted by Crippen LogP contribution is 2.30. The van der Waals surface area contributed by atoms with Gasteiger partial charge in [-0.3, -0.25) is 19.4 Å². The van der Waals surface area contributed by atoms with Crippen molar-refractivity contribution in [1.82, 2.24) is 10.3 Å². The number of alkyl halides is 3. The number of hydrogen-bond donors (Lipinski definition) is 2. The third-order valence-corrected chi connectivity index (χ3v) is 7.35. The van der Waals surface area contributed by atoms with Crippen LogP contribution in [0.3, 0.4) is 0 Å². The number of esters is 1. The minimum atomic E-state index is -4.47. The van der Waals surface area contributed by atoms with Gasteiger partial charge in [0, 0.05) is 40.9 Å². The normalized spacial score (nSPS) is 11.1. The number of rotatable bonds is 11. The van der Waals surface area contributed by atoms with Gasteiger partial charge < -0.3 is 15.4 Å². The monoisotopic (exact) mass is 607 g/mol. The van der Waals surface area contributed by atoms with Crippen molar-refractivity contribution in [3.63, 3.8) is 0 Å². The Kier molecular flexibility index (Phi) is 10.6. The van der Waals surface area contributed by atoms with Crippen LogP contribution in [0.2, 0.25) is 0 Å². The highest BCUT2D eigenvalue weighted by molar-refractivity contribution is 7.98. The number of aromatic nitrogens is 1. The van der Waals surface area contributed by atoms with E-state index >= 15 is 0 Å². The van der Waals surface area contributed by atoms with Crippen LogP contribution in [0.25, 0.3) is 11.3 Å². The van der Waals surface area contributed by atoms with Crippen molar-refractivity contribution in [1.29, 1.82) is 0 Å². The third kappa shape index (κ3) is 8.92. The molecule has 222 valence electrons. The van der Waals surface area contributed by atoms with Gasteiger partial charge in [0.05, 0.1) is 30.5 Å². The first-order chi connectivity index (χ1) is 20.6. The number of pyridine rings is 1. The molecule has 43 heavy (non-hydrogen) atoms. The summed E-state index contributed by atoms with van der Waals surface area (Å²) in [7, 11) is 1.35. The van der Waals surface area contributed by atoms with Gasteiger partial charge in [0.25, 0.3) is 11.8 Å². The van der Waals surface area contributed by atoms with Crippen LogP contribution in [-0.4, -0.2) is 35.6 Å². The predicted octanol–water partition coefficient (Wildman–Crippen LogP) is 6.75. The molecular weight excluding hydrogens is 579 g/mol. The summed E-state index contributed by atoms with van der Waals surface area (Å²) in [5.74, 6) is 0.148. The average Bonchev–Trinajstić information content (AvgIpc) is 3.02. The SMILES string of the molecule is COC(=O)CCSCc1cccc(C(=O)Nc2ccccc2-c2cc(C(=O)NCc3cccc(C(F)(F)F)c3)ccn2)c1. The van der Waals surface area contributed by atoms with Crippen molar-refractivity contribution in [3.8, 4) is 11.3 Å². The van der Waals surface area contributed by atoms with E-state index in [9.17, 15) is 27.6 Å². The van der Waals surface area contributed by atoms with Crippen molar-refractivity contribution in [2.24, 2.45) is 0 Å². The van der Waals surface area contributed by atoms with Gasteiger partial charge in [-0.2, -0.15) is 24.9 Å². The molecule has 1 heterocycles. The number of carbonyl (C=O) groups excluding carboxylic acids is 3. The fraction of sp³-hybridized carbons (Fsp3) is 0.188. The molecule has 0 fully saturated rings. The first-order valence-corrected chi connectivity index (χ1v) is 14.3. The largest absolute Gasteiger partial charge is 0.469 e. The number of ether oxygens (including phenoxy) is 1. The molecule has 0 aliphatic carbocycles. The zero-order valence-corrected chi connectivity index (χ0v) is 23.9. The van der Waals surface area contributed by atoms with E-state index in [1.165, 1.54) is 31.5 Å². The topological polar surface area (TPSA) is 97.4 Å². The molecule has 1 aromatic heterocycles. The molecule has 0 saturated heterocycles. The van der Waals surface area contributed by atoms with Crippen LogP contribution in [0.4, 0.5) is 18.9 Å². The van der Waals surface area contributed by atoms with Crippen molar-refractivity contribution < 1.29 is 32.3 Å². The molecular formula is C32H28F3N3O4S. The van der Waals surface area contributed by atoms with Gasteiger partial charge in [-0.15, -0.1) is 0 Å². The Morgan fingerprint density at radius 2 is 1.60 bits per heavy atom. The van der Waals surface area contributed by atoms with Gasteiger partial charge in [-0.1, -0.05) is 42.5 Å². The molecule has 3 aromatic carbocycles. The summed E-state index contributed by atoms with van der Waals surface area (Å²) < 4.78 is 43.7. The van der Waals surface area contributed by atoms with Gasteiger partial charge in [-0.05, 0) is 53.6 Å². The fourth-order valence-corrected chi connectivity index (χ4v) is 4.99. The van der Waals surface area contributed by atoms with Gasteiger partial charge in [0.1, 0.15) is 0 Å². The highest BCUT2D eigenvalue weighted by Gasteiger charge is 2.30. The maximum atomic E-state index is 13.2. The van der Waals surface area contributed by atoms with Crippen LogP contribution in [-0.2, 0) is 28.0 Å². The van der Waals surface area contributed by atoms with E-state index in [-0.39, 0.29) is 24.0 Å². The number of anilines is 1. The highest BCUT2D eigenvalue weighted by atomic mass is 32.2. The number of nitrogens with zero attached hydrogens (tertiary/aromatic N) is 1. The Balaban J connectivity index is 1.43. The Labute approximate surface area is 250 Å². The van der Waals surface area contributed by atoms with E-state index in [0.29, 0.717) is 46.0 Å². The molecule has 0 bridgehead atoms. The average molecular weight is 608 g/mol. The van der Waals surface area contributed by atoms with Crippen LogP contribution in [0, 0.1) is 0 Å². The fourth-order valence-electron chi connectivity index (χ4n) is 4.12. The Hall–Kier alpha value is -4.64. The Bertz CT molecular complexity index is 1610. The lowest BCUT2D eigenvalue weighted by molar-refractivity contribution is -0.140. The number of amides is 2. The van der Waals surface area contributed by atoms with E-state index in [1.807, 2.05) is 6.07 Å². The summed E-state index contributed by atoms with van der Waals surface area (Å²) >= 11 is 1.56. The molecule has 0 atom stereocenters. The molecule has 11 heteroatoms. The summed E-state index contributed by atoms with van der Waals surface area (Å²) in [5, 5.41) is 5.56. The zero-order chi connectivity index (χ0) is 30.8. The summed E-state index contributed by atoms with van der Waals surface area (Å²) in [6.45, 7) is -0.0874. The van der Waals surface area contributed by atoms with Gasteiger partial charge in [0.2, 0.25) is 0 Å². The summed E-state index contributed by atoms with van der Waals surface area (Å²) in [6.07, 6.45) is -2.71. The Morgan fingerprint density at radius 1 is 0.860 bits per heavy atom. The smallest absolute Gasteiger partial charge is 0.416 e. The first kappa shape index (κ1) is 31.3. The lowest BCUT2D eigenvalue weighted by Crippen LogP contribution is -2.23. The number of thioether (sulfide) groups is 1. The van der Waals surface area contributed by atoms with Crippen molar-refractivity contribution in [3.05, 3.63) is 119 Å². The summed E-state index contributed by atoms with van der Waals surface area (Å²) in [5.41, 5.74) is 2.67. The molecule has 0 aliphatic heterocycles. The van der Waals surface area contributed by atoms with E-state index < -0.39 is 17.6 Å². The standard InChI is InChI=1S/C32H28F3N3O4S/c1-42-29(39)13-15-43-20-22-7-4-8-23(16-22)31(41)38-27-11-3-2-10-26(27)28-18-24(12-14-36-28)30(40)37-19-21-6-5-9-25(17-21)32(33,34)35/h2-12,14,16-18H,13,15,19-20H2,1H3,(H,37,40)(H,38,41). The molecule has 0 unspecified atom stereocenters. The Morgan fingerprint density at radius 3 is 2.40 bits per heavy atom. The molecule has 0 spiro atoms. The van der Waals surface area contributed by atoms with Crippen LogP contribution in [0.5, 0.6) is 0 Å². The van der Waals surface area contributed by atoms with Gasteiger partial charge >= 0.3 is 12.1 Å². The van der Waals surface area contributed by atoms with Gasteiger partial charge in [0.15, 0.2) is 0 Å². The second kappa shape index (κ2) is 14.5. The number of hydrogen-bond acceptors (Lipinski definition) is 6. The minimum Gasteiger partial charge on any atom is -0.469 e. The number of carbonyl (C=O) groups is 3. The van der Waals surface area contributed by atoms with Crippen molar-refractivity contribution >= 4 is 35.2 Å². The number of halogens is 3. The van der Waals surface area contributed by atoms with Gasteiger partial charge in [-0.25, -0.2) is 0 Å². The molecule has 4 rings (SSSR count). The lowest BCUT2D eigenvalue weighted by Gasteiger charge is -2.13. The van der Waals surface area contributed by atoms with Crippen LogP contribution in [0.15, 0.2) is 91.1 Å². The molecule has 0 radical (unpaired) electrons. The molecule has 4 aromatic rings. The van der Waals surface area contributed by atoms with E-state index in [0.717, 1.165) is 17.7 Å². The van der Waals surface area contributed by atoms with E-state index in [1.54, 1.807) is 60.3 Å². The van der Waals surface area contributed by atoms with E-state index in [4.69, 9.17) is 0 Å². The third-order valence-electron chi connectivity index (χ3n) is 6.32. The first-order valence-electron chi connectivity index (χ1n) is 13.2. The molecule has 2 N–H and O–H groups in total. The lowest BCUT2D eigenvalue weighted by atomic mass is 10.1. The minimum absolute atomic E-state index is 0.0874. The number of benzene rings is 3. The quantitative estimate of drug-likeness (QED) is 0.145. The predicted molar refractivity (Wildman–Crippen MR) is 159 cm³/mol. The van der Waals surface area contributed by atoms with Crippen LogP contribution >= 0.6 is 11.8 Å². The van der Waals surface area contributed by atoms with Crippen molar-refractivity contribution in [2.45, 2.75) is 24.9 Å². The number of para-hydroxylation sites is 1. The summed E-state index contributed by atoms with van der Waals surface area (Å²) in [6, 6.07) is 22.0. The van der Waals surface area contributed by atoms with E-state index in [2.05, 4.69) is 20.4 Å². The number of nitrogens with one attached hydrogen (secondary N) is 2. The number of methoxy groups -OCH3 is 1. The maximum absolute atomic E-state index is 13.2. The van der Waals surface area contributed by atoms with Crippen LogP contribution < -0.4 is 10.6 Å². The molecule has 0 aliphatic rings. The summed E-state index contributed by atoms with van der Waals surface area (Å²) in [4.78, 5) is 41.7. The second-order valence-electron chi connectivity index (χ2n) is 9.39. The molecule has 2 amide bonds. The molecule has 0 saturated carbocycles. The molecule has 7 nitrogen and oxygen atoms in total. The zero-order valence-electron chi connectivity index (χ0n) is 23.1. The van der Waals surface area contributed by atoms with Crippen molar-refractivity contribution in [2.75, 3.05) is 18.2 Å². The van der Waals surface area contributed by atoms with Crippen LogP contribution in [0.1, 0.15) is 43.8 Å².